The van der Waals surface area contributed by atoms with E-state index >= 15 is 0 Å². The number of fused-ring (bicyclic) bond motifs is 1. The van der Waals surface area contributed by atoms with Crippen molar-refractivity contribution in [1.82, 2.24) is 4.98 Å². The van der Waals surface area contributed by atoms with Crippen LogP contribution in [0.15, 0.2) is 71.8 Å². The number of nitrogens with zero attached hydrogens (tertiary/aromatic N) is 2. The van der Waals surface area contributed by atoms with Crippen LogP contribution in [0.4, 0.5) is 17.2 Å². The smallest absolute Gasteiger partial charge is 0.262 e. The molecule has 8 heteroatoms. The second-order valence-electron chi connectivity index (χ2n) is 6.21. The van der Waals surface area contributed by atoms with E-state index in [4.69, 9.17) is 9.47 Å². The number of benzene rings is 2. The van der Waals surface area contributed by atoms with Crippen LogP contribution in [0.2, 0.25) is 0 Å². The fraction of sp³-hybridized carbons (Fsp3) is 0.150. The van der Waals surface area contributed by atoms with Gasteiger partial charge in [0.1, 0.15) is 19.0 Å². The third kappa shape index (κ3) is 3.72. The summed E-state index contributed by atoms with van der Waals surface area (Å²) in [6, 6.07) is 17.8. The minimum absolute atomic E-state index is 0.0993. The van der Waals surface area contributed by atoms with Crippen molar-refractivity contribution in [3.8, 4) is 11.5 Å². The van der Waals surface area contributed by atoms with Gasteiger partial charge in [0.25, 0.3) is 10.0 Å². The van der Waals surface area contributed by atoms with Crippen molar-refractivity contribution in [1.29, 1.82) is 0 Å². The third-order valence-electron chi connectivity index (χ3n) is 4.31. The molecule has 28 heavy (non-hydrogen) atoms. The lowest BCUT2D eigenvalue weighted by molar-refractivity contribution is 0.171. The van der Waals surface area contributed by atoms with E-state index in [1.165, 1.54) is 18.3 Å². The van der Waals surface area contributed by atoms with E-state index in [1.54, 1.807) is 18.2 Å². The normalized spacial score (nSPS) is 13.0. The SMILES string of the molecule is CN(c1ccccc1)c1ccc(NS(=O)(=O)c2ccc3c(c2)OCCO3)cn1. The highest BCUT2D eigenvalue weighted by Gasteiger charge is 2.19. The Balaban J connectivity index is 1.52. The zero-order valence-corrected chi connectivity index (χ0v) is 16.0. The van der Waals surface area contributed by atoms with Crippen molar-refractivity contribution in [3.63, 3.8) is 0 Å². The van der Waals surface area contributed by atoms with Crippen LogP contribution in [-0.4, -0.2) is 33.7 Å². The molecule has 2 aromatic carbocycles. The molecule has 0 aliphatic carbocycles. The molecule has 0 saturated carbocycles. The van der Waals surface area contributed by atoms with E-state index in [9.17, 15) is 8.42 Å². The van der Waals surface area contributed by atoms with E-state index < -0.39 is 10.0 Å². The van der Waals surface area contributed by atoms with E-state index in [0.717, 1.165) is 5.69 Å². The Labute approximate surface area is 163 Å². The molecule has 1 aliphatic heterocycles. The van der Waals surface area contributed by atoms with Crippen molar-refractivity contribution >= 4 is 27.2 Å². The van der Waals surface area contributed by atoms with Gasteiger partial charge < -0.3 is 14.4 Å². The van der Waals surface area contributed by atoms with Crippen LogP contribution in [-0.2, 0) is 10.0 Å². The van der Waals surface area contributed by atoms with Crippen molar-refractivity contribution in [2.24, 2.45) is 0 Å². The second-order valence-corrected chi connectivity index (χ2v) is 7.89. The molecule has 1 N–H and O–H groups in total. The second kappa shape index (κ2) is 7.40. The molecular formula is C20H19N3O4S. The summed E-state index contributed by atoms with van der Waals surface area (Å²) < 4.78 is 38.8. The maximum absolute atomic E-state index is 12.7. The van der Waals surface area contributed by atoms with Gasteiger partial charge in [-0.25, -0.2) is 13.4 Å². The van der Waals surface area contributed by atoms with E-state index in [1.807, 2.05) is 42.3 Å². The van der Waals surface area contributed by atoms with Crippen LogP contribution >= 0.6 is 0 Å². The molecule has 0 atom stereocenters. The number of nitrogens with one attached hydrogen (secondary N) is 1. The number of anilines is 3. The van der Waals surface area contributed by atoms with Crippen LogP contribution in [0.1, 0.15) is 0 Å². The maximum Gasteiger partial charge on any atom is 0.262 e. The maximum atomic E-state index is 12.7. The van der Waals surface area contributed by atoms with Crippen LogP contribution < -0.4 is 19.1 Å². The lowest BCUT2D eigenvalue weighted by Gasteiger charge is -2.19. The van der Waals surface area contributed by atoms with Crippen molar-refractivity contribution in [2.75, 3.05) is 29.9 Å². The topological polar surface area (TPSA) is 80.8 Å². The molecule has 4 rings (SSSR count). The molecule has 3 aromatic rings. The fourth-order valence-corrected chi connectivity index (χ4v) is 3.89. The summed E-state index contributed by atoms with van der Waals surface area (Å²) in [4.78, 5) is 6.37. The van der Waals surface area contributed by atoms with E-state index in [-0.39, 0.29) is 4.90 Å². The molecule has 0 amide bonds. The highest BCUT2D eigenvalue weighted by atomic mass is 32.2. The number of hydrogen-bond acceptors (Lipinski definition) is 6. The molecule has 0 radical (unpaired) electrons. The van der Waals surface area contributed by atoms with Crippen molar-refractivity contribution in [3.05, 3.63) is 66.9 Å². The number of sulfonamides is 1. The standard InChI is InChI=1S/C20H19N3O4S/c1-23(16-5-3-2-4-6-16)20-10-7-15(14-21-20)22-28(24,25)17-8-9-18-19(13-17)27-12-11-26-18/h2-10,13-14,22H,11-12H2,1H3. The van der Waals surface area contributed by atoms with Gasteiger partial charge in [-0.3, -0.25) is 4.72 Å². The zero-order chi connectivity index (χ0) is 19.6. The van der Waals surface area contributed by atoms with Crippen LogP contribution in [0.3, 0.4) is 0 Å². The van der Waals surface area contributed by atoms with Crippen LogP contribution in [0.5, 0.6) is 11.5 Å². The molecule has 2 heterocycles. The molecule has 0 fully saturated rings. The summed E-state index contributed by atoms with van der Waals surface area (Å²) in [6.45, 7) is 0.844. The molecule has 1 aliphatic rings. The molecule has 0 bridgehead atoms. The Morgan fingerprint density at radius 2 is 1.71 bits per heavy atom. The predicted molar refractivity (Wildman–Crippen MR) is 107 cm³/mol. The summed E-state index contributed by atoms with van der Waals surface area (Å²) >= 11 is 0. The van der Waals surface area contributed by atoms with Crippen LogP contribution in [0, 0.1) is 0 Å². The summed E-state index contributed by atoms with van der Waals surface area (Å²) in [5, 5.41) is 0. The molecular weight excluding hydrogens is 378 g/mol. The van der Waals surface area contributed by atoms with Crippen LogP contribution in [0.25, 0.3) is 0 Å². The van der Waals surface area contributed by atoms with Gasteiger partial charge in [-0.15, -0.1) is 0 Å². The molecule has 0 spiro atoms. The molecule has 1 aromatic heterocycles. The zero-order valence-electron chi connectivity index (χ0n) is 15.2. The monoisotopic (exact) mass is 397 g/mol. The minimum Gasteiger partial charge on any atom is -0.486 e. The Bertz CT molecular complexity index is 1070. The number of para-hydroxylation sites is 1. The third-order valence-corrected chi connectivity index (χ3v) is 5.69. The molecule has 144 valence electrons. The minimum atomic E-state index is -3.77. The predicted octanol–water partition coefficient (Wildman–Crippen LogP) is 3.42. The summed E-state index contributed by atoms with van der Waals surface area (Å²) in [7, 11) is -1.87. The van der Waals surface area contributed by atoms with Gasteiger partial charge in [0.05, 0.1) is 16.8 Å². The van der Waals surface area contributed by atoms with Gasteiger partial charge in [0.2, 0.25) is 0 Å². The first-order valence-electron chi connectivity index (χ1n) is 8.70. The Kier molecular flexibility index (Phi) is 4.79. The van der Waals surface area contributed by atoms with Gasteiger partial charge in [0, 0.05) is 18.8 Å². The van der Waals surface area contributed by atoms with Crippen molar-refractivity contribution < 1.29 is 17.9 Å². The summed E-state index contributed by atoms with van der Waals surface area (Å²) in [5.41, 5.74) is 1.36. The fourth-order valence-electron chi connectivity index (χ4n) is 2.83. The van der Waals surface area contributed by atoms with Gasteiger partial charge in [-0.1, -0.05) is 18.2 Å². The number of aromatic nitrogens is 1. The Morgan fingerprint density at radius 3 is 2.43 bits per heavy atom. The first-order chi connectivity index (χ1) is 13.5. The Hall–Kier alpha value is -3.26. The number of pyridine rings is 1. The number of rotatable bonds is 5. The molecule has 0 saturated heterocycles. The number of hydrogen-bond donors (Lipinski definition) is 1. The first-order valence-corrected chi connectivity index (χ1v) is 10.2. The molecule has 0 unspecified atom stereocenters. The van der Waals surface area contributed by atoms with Gasteiger partial charge in [-0.2, -0.15) is 0 Å². The number of ether oxygens (including phenoxy) is 2. The van der Waals surface area contributed by atoms with Gasteiger partial charge >= 0.3 is 0 Å². The summed E-state index contributed by atoms with van der Waals surface area (Å²) in [5.74, 6) is 1.67. The first kappa shape index (κ1) is 18.1. The largest absolute Gasteiger partial charge is 0.486 e. The van der Waals surface area contributed by atoms with Gasteiger partial charge in [-0.05, 0) is 36.4 Å². The average molecular weight is 397 g/mol. The van der Waals surface area contributed by atoms with Gasteiger partial charge in [0.15, 0.2) is 11.5 Å². The summed E-state index contributed by atoms with van der Waals surface area (Å²) in [6.07, 6.45) is 1.49. The lowest BCUT2D eigenvalue weighted by Crippen LogP contribution is -2.17. The Morgan fingerprint density at radius 1 is 0.964 bits per heavy atom. The quantitative estimate of drug-likeness (QED) is 0.711. The molecule has 7 nitrogen and oxygen atoms in total. The highest BCUT2D eigenvalue weighted by molar-refractivity contribution is 7.92. The highest BCUT2D eigenvalue weighted by Crippen LogP contribution is 2.32. The lowest BCUT2D eigenvalue weighted by atomic mass is 10.3. The average Bonchev–Trinajstić information content (AvgIpc) is 2.74. The van der Waals surface area contributed by atoms with E-state index in [0.29, 0.717) is 36.2 Å². The van der Waals surface area contributed by atoms with E-state index in [2.05, 4.69) is 9.71 Å². The van der Waals surface area contributed by atoms with Crippen molar-refractivity contribution in [2.45, 2.75) is 4.90 Å².